The molecule has 1 fully saturated rings. The SMILES string of the molecule is CC(=O)CSC1CC1CO. The largest absolute Gasteiger partial charge is 0.396 e. The van der Waals surface area contributed by atoms with E-state index in [-0.39, 0.29) is 12.4 Å². The first kappa shape index (κ1) is 8.08. The number of aliphatic hydroxyl groups is 1. The maximum atomic E-state index is 10.5. The third-order valence-electron chi connectivity index (χ3n) is 1.59. The third kappa shape index (κ3) is 2.31. The Balaban J connectivity index is 2.01. The van der Waals surface area contributed by atoms with Gasteiger partial charge < -0.3 is 5.11 Å². The van der Waals surface area contributed by atoms with E-state index in [2.05, 4.69) is 0 Å². The van der Waals surface area contributed by atoms with Gasteiger partial charge in [0.05, 0.1) is 5.75 Å². The second kappa shape index (κ2) is 3.39. The van der Waals surface area contributed by atoms with Gasteiger partial charge in [-0.25, -0.2) is 0 Å². The van der Waals surface area contributed by atoms with Gasteiger partial charge in [-0.15, -0.1) is 0 Å². The van der Waals surface area contributed by atoms with Crippen molar-refractivity contribution in [2.24, 2.45) is 5.92 Å². The van der Waals surface area contributed by atoms with E-state index >= 15 is 0 Å². The molecule has 2 atom stereocenters. The lowest BCUT2D eigenvalue weighted by molar-refractivity contribution is -0.114. The highest BCUT2D eigenvalue weighted by atomic mass is 32.2. The number of aliphatic hydroxyl groups excluding tert-OH is 1. The molecule has 1 aliphatic carbocycles. The lowest BCUT2D eigenvalue weighted by atomic mass is 10.5. The molecule has 0 spiro atoms. The van der Waals surface area contributed by atoms with E-state index in [0.29, 0.717) is 16.9 Å². The summed E-state index contributed by atoms with van der Waals surface area (Å²) in [6.07, 6.45) is 1.09. The number of hydrogen-bond acceptors (Lipinski definition) is 3. The molecule has 0 heterocycles. The third-order valence-corrected chi connectivity index (χ3v) is 3.17. The lowest BCUT2D eigenvalue weighted by Gasteiger charge is -1.93. The highest BCUT2D eigenvalue weighted by Crippen LogP contribution is 2.40. The van der Waals surface area contributed by atoms with Crippen molar-refractivity contribution in [3.05, 3.63) is 0 Å². The Kier molecular flexibility index (Phi) is 2.74. The van der Waals surface area contributed by atoms with Gasteiger partial charge in [0, 0.05) is 11.9 Å². The van der Waals surface area contributed by atoms with Crippen LogP contribution < -0.4 is 0 Å². The molecule has 10 heavy (non-hydrogen) atoms. The summed E-state index contributed by atoms with van der Waals surface area (Å²) in [5.41, 5.74) is 0. The molecule has 0 aliphatic heterocycles. The van der Waals surface area contributed by atoms with E-state index in [9.17, 15) is 4.79 Å². The van der Waals surface area contributed by atoms with Gasteiger partial charge >= 0.3 is 0 Å². The molecule has 1 rings (SSSR count). The molecule has 2 nitrogen and oxygen atoms in total. The number of ketones is 1. The summed E-state index contributed by atoms with van der Waals surface area (Å²) in [6.45, 7) is 1.89. The topological polar surface area (TPSA) is 37.3 Å². The highest BCUT2D eigenvalue weighted by molar-refractivity contribution is 8.00. The zero-order valence-corrected chi connectivity index (χ0v) is 6.86. The lowest BCUT2D eigenvalue weighted by Crippen LogP contribution is -1.96. The normalized spacial score (nSPS) is 30.2. The van der Waals surface area contributed by atoms with Crippen molar-refractivity contribution in [1.29, 1.82) is 0 Å². The summed E-state index contributed by atoms with van der Waals surface area (Å²) in [5, 5.41) is 9.21. The van der Waals surface area contributed by atoms with E-state index < -0.39 is 0 Å². The van der Waals surface area contributed by atoms with E-state index in [1.54, 1.807) is 18.7 Å². The standard InChI is InChI=1S/C7H12O2S/c1-5(9)4-10-7-2-6(7)3-8/h6-8H,2-4H2,1H3. The molecule has 0 aromatic heterocycles. The van der Waals surface area contributed by atoms with Crippen LogP contribution >= 0.6 is 11.8 Å². The monoisotopic (exact) mass is 160 g/mol. The number of carbonyl (C=O) groups is 1. The first-order valence-corrected chi connectivity index (χ1v) is 4.51. The minimum absolute atomic E-state index is 0.230. The fraction of sp³-hybridized carbons (Fsp3) is 0.857. The van der Waals surface area contributed by atoms with Crippen LogP contribution in [0.25, 0.3) is 0 Å². The zero-order chi connectivity index (χ0) is 7.56. The Morgan fingerprint density at radius 2 is 2.50 bits per heavy atom. The van der Waals surface area contributed by atoms with Gasteiger partial charge in [-0.05, 0) is 19.3 Å². The van der Waals surface area contributed by atoms with Crippen molar-refractivity contribution in [2.45, 2.75) is 18.6 Å². The summed E-state index contributed by atoms with van der Waals surface area (Å²) in [7, 11) is 0. The average Bonchev–Trinajstić information content (AvgIpc) is 2.61. The van der Waals surface area contributed by atoms with Crippen LogP contribution in [0.4, 0.5) is 0 Å². The predicted octanol–water partition coefficient (Wildman–Crippen LogP) is 0.689. The van der Waals surface area contributed by atoms with Crippen molar-refractivity contribution >= 4 is 17.5 Å². The molecule has 1 N–H and O–H groups in total. The molecule has 2 unspecified atom stereocenters. The van der Waals surface area contributed by atoms with E-state index in [1.165, 1.54) is 0 Å². The van der Waals surface area contributed by atoms with Crippen LogP contribution in [0.3, 0.4) is 0 Å². The Morgan fingerprint density at radius 1 is 1.80 bits per heavy atom. The van der Waals surface area contributed by atoms with Gasteiger partial charge in [-0.2, -0.15) is 11.8 Å². The van der Waals surface area contributed by atoms with Crippen molar-refractivity contribution in [3.8, 4) is 0 Å². The first-order chi connectivity index (χ1) is 4.74. The van der Waals surface area contributed by atoms with Gasteiger partial charge in [0.25, 0.3) is 0 Å². The van der Waals surface area contributed by atoms with E-state index in [0.717, 1.165) is 6.42 Å². The van der Waals surface area contributed by atoms with Gasteiger partial charge in [0.2, 0.25) is 0 Å². The zero-order valence-electron chi connectivity index (χ0n) is 6.04. The Hall–Kier alpha value is -0.0200. The predicted molar refractivity (Wildman–Crippen MR) is 42.1 cm³/mol. The molecule has 0 saturated heterocycles. The summed E-state index contributed by atoms with van der Waals surface area (Å²) in [4.78, 5) is 10.5. The minimum Gasteiger partial charge on any atom is -0.396 e. The molecule has 1 aliphatic rings. The maximum absolute atomic E-state index is 10.5. The molecule has 0 aromatic rings. The number of carbonyl (C=O) groups excluding carboxylic acids is 1. The molecular weight excluding hydrogens is 148 g/mol. The van der Waals surface area contributed by atoms with Crippen molar-refractivity contribution in [1.82, 2.24) is 0 Å². The number of rotatable bonds is 4. The van der Waals surface area contributed by atoms with Gasteiger partial charge in [0.1, 0.15) is 5.78 Å². The van der Waals surface area contributed by atoms with Crippen LogP contribution in [-0.4, -0.2) is 28.5 Å². The molecule has 0 amide bonds. The second-order valence-corrected chi connectivity index (χ2v) is 3.96. The molecular formula is C7H12O2S. The van der Waals surface area contributed by atoms with Gasteiger partial charge in [0.15, 0.2) is 0 Å². The summed E-state index contributed by atoms with van der Waals surface area (Å²) >= 11 is 1.67. The molecule has 58 valence electrons. The van der Waals surface area contributed by atoms with Crippen LogP contribution in [-0.2, 0) is 4.79 Å². The number of thioether (sulfide) groups is 1. The molecule has 3 heteroatoms. The van der Waals surface area contributed by atoms with Crippen molar-refractivity contribution in [2.75, 3.05) is 12.4 Å². The number of hydrogen-bond donors (Lipinski definition) is 1. The van der Waals surface area contributed by atoms with Gasteiger partial charge in [-0.3, -0.25) is 4.79 Å². The average molecular weight is 160 g/mol. The Bertz CT molecular complexity index is 136. The fourth-order valence-corrected chi connectivity index (χ4v) is 2.03. The molecule has 0 aromatic carbocycles. The fourth-order valence-electron chi connectivity index (χ4n) is 0.840. The quantitative estimate of drug-likeness (QED) is 0.657. The van der Waals surface area contributed by atoms with Crippen LogP contribution in [0.5, 0.6) is 0 Å². The smallest absolute Gasteiger partial charge is 0.139 e. The Labute approximate surface area is 65.0 Å². The molecule has 0 radical (unpaired) electrons. The van der Waals surface area contributed by atoms with Crippen LogP contribution in [0.1, 0.15) is 13.3 Å². The summed E-state index contributed by atoms with van der Waals surface area (Å²) < 4.78 is 0. The van der Waals surface area contributed by atoms with Crippen LogP contribution in [0, 0.1) is 5.92 Å². The second-order valence-electron chi connectivity index (χ2n) is 2.73. The molecule has 0 bridgehead atoms. The van der Waals surface area contributed by atoms with Gasteiger partial charge in [-0.1, -0.05) is 0 Å². The van der Waals surface area contributed by atoms with Crippen molar-refractivity contribution < 1.29 is 9.90 Å². The highest BCUT2D eigenvalue weighted by Gasteiger charge is 2.36. The summed E-state index contributed by atoms with van der Waals surface area (Å²) in [6, 6.07) is 0. The van der Waals surface area contributed by atoms with Crippen LogP contribution in [0.2, 0.25) is 0 Å². The summed E-state index contributed by atoms with van der Waals surface area (Å²) in [5.74, 6) is 1.32. The van der Waals surface area contributed by atoms with Crippen LogP contribution in [0.15, 0.2) is 0 Å². The minimum atomic E-state index is 0.230. The van der Waals surface area contributed by atoms with Crippen molar-refractivity contribution in [3.63, 3.8) is 0 Å². The Morgan fingerprint density at radius 3 is 2.90 bits per heavy atom. The maximum Gasteiger partial charge on any atom is 0.139 e. The molecule has 1 saturated carbocycles. The van der Waals surface area contributed by atoms with E-state index in [4.69, 9.17) is 5.11 Å². The number of Topliss-reactive ketones (excluding diaryl/α,β-unsaturated/α-hetero) is 1. The van der Waals surface area contributed by atoms with E-state index in [1.807, 2.05) is 0 Å². The first-order valence-electron chi connectivity index (χ1n) is 3.46.